The van der Waals surface area contributed by atoms with Crippen LogP contribution in [0.1, 0.15) is 53.8 Å². The van der Waals surface area contributed by atoms with Crippen LogP contribution in [0.15, 0.2) is 35.7 Å². The van der Waals surface area contributed by atoms with Crippen molar-refractivity contribution in [2.24, 2.45) is 5.92 Å². The molecule has 1 fully saturated rings. The van der Waals surface area contributed by atoms with Crippen molar-refractivity contribution >= 4 is 34.5 Å². The fraction of sp³-hybridized carbons (Fsp3) is 0.429. The number of nitrogens with one attached hydrogen (secondary N) is 1. The third kappa shape index (κ3) is 3.54. The molecule has 1 N–H and O–H groups in total. The summed E-state index contributed by atoms with van der Waals surface area (Å²) >= 11 is 1.48. The molecule has 136 valence electrons. The molecule has 4 rings (SSSR count). The summed E-state index contributed by atoms with van der Waals surface area (Å²) in [5.41, 5.74) is 2.97. The van der Waals surface area contributed by atoms with Gasteiger partial charge in [0.15, 0.2) is 0 Å². The fourth-order valence-electron chi connectivity index (χ4n) is 4.03. The number of nitrogens with zero attached hydrogens (tertiary/aromatic N) is 1. The smallest absolute Gasteiger partial charge is 0.268 e. The number of aryl methyl sites for hydroxylation is 1. The molecule has 1 aliphatic heterocycles. The third-order valence-corrected chi connectivity index (χ3v) is 6.28. The number of hydrogen-bond donors (Lipinski definition) is 1. The van der Waals surface area contributed by atoms with Gasteiger partial charge in [-0.15, -0.1) is 11.3 Å². The number of carbonyl (C=O) groups excluding carboxylic acids is 2. The van der Waals surface area contributed by atoms with Gasteiger partial charge in [0.1, 0.15) is 0 Å². The molecule has 5 heteroatoms. The Balaban J connectivity index is 1.51. The summed E-state index contributed by atoms with van der Waals surface area (Å²) in [4.78, 5) is 27.9. The zero-order valence-electron chi connectivity index (χ0n) is 14.9. The van der Waals surface area contributed by atoms with E-state index in [1.807, 2.05) is 40.6 Å². The number of fused-ring (bicyclic) bond motifs is 1. The number of amides is 2. The topological polar surface area (TPSA) is 49.4 Å². The molecule has 2 amide bonds. The van der Waals surface area contributed by atoms with Gasteiger partial charge in [0, 0.05) is 23.8 Å². The van der Waals surface area contributed by atoms with Crippen molar-refractivity contribution in [2.75, 3.05) is 16.8 Å². The average molecular weight is 369 g/mol. The molecule has 1 aromatic heterocycles. The van der Waals surface area contributed by atoms with E-state index in [9.17, 15) is 9.59 Å². The summed E-state index contributed by atoms with van der Waals surface area (Å²) in [6.45, 7) is 0.748. The Morgan fingerprint density at radius 3 is 2.69 bits per heavy atom. The lowest BCUT2D eigenvalue weighted by atomic mass is 9.88. The minimum absolute atomic E-state index is 0.0694. The van der Waals surface area contributed by atoms with E-state index < -0.39 is 0 Å². The van der Waals surface area contributed by atoms with Crippen molar-refractivity contribution in [1.82, 2.24) is 0 Å². The molecule has 0 radical (unpaired) electrons. The highest BCUT2D eigenvalue weighted by Crippen LogP contribution is 2.32. The van der Waals surface area contributed by atoms with E-state index in [1.165, 1.54) is 17.8 Å². The summed E-state index contributed by atoms with van der Waals surface area (Å²) in [7, 11) is 0. The minimum atomic E-state index is 0.0694. The maximum Gasteiger partial charge on any atom is 0.268 e. The lowest BCUT2D eigenvalue weighted by Crippen LogP contribution is -2.35. The Bertz CT molecular complexity index is 794. The predicted molar refractivity (Wildman–Crippen MR) is 106 cm³/mol. The van der Waals surface area contributed by atoms with Crippen molar-refractivity contribution in [3.63, 3.8) is 0 Å². The zero-order chi connectivity index (χ0) is 17.9. The first-order valence-electron chi connectivity index (χ1n) is 9.51. The van der Waals surface area contributed by atoms with Gasteiger partial charge < -0.3 is 10.2 Å². The number of rotatable bonds is 3. The maximum absolute atomic E-state index is 12.8. The zero-order valence-corrected chi connectivity index (χ0v) is 15.7. The van der Waals surface area contributed by atoms with Crippen LogP contribution in [0.4, 0.5) is 11.4 Å². The standard InChI is InChI=1S/C21H24N2O2S/c24-20(15-6-2-1-3-7-15)22-17-10-11-18-16(14-17)8-4-12-23(18)21(25)19-9-5-13-26-19/h5,9-11,13-15H,1-4,6-8,12H2,(H,22,24). The average Bonchev–Trinajstić information content (AvgIpc) is 3.22. The van der Waals surface area contributed by atoms with E-state index in [0.29, 0.717) is 0 Å². The Morgan fingerprint density at radius 2 is 1.92 bits per heavy atom. The quantitative estimate of drug-likeness (QED) is 0.841. The Kier molecular flexibility index (Phi) is 5.07. The SMILES string of the molecule is O=C(Nc1ccc2c(c1)CCCN2C(=O)c1cccs1)C1CCCCC1. The fourth-order valence-corrected chi connectivity index (χ4v) is 4.70. The van der Waals surface area contributed by atoms with Crippen LogP contribution in [0.2, 0.25) is 0 Å². The second-order valence-corrected chi connectivity index (χ2v) is 8.15. The maximum atomic E-state index is 12.8. The molecule has 1 saturated carbocycles. The third-order valence-electron chi connectivity index (χ3n) is 5.42. The van der Waals surface area contributed by atoms with Crippen molar-refractivity contribution < 1.29 is 9.59 Å². The van der Waals surface area contributed by atoms with Gasteiger partial charge >= 0.3 is 0 Å². The number of thiophene rings is 1. The van der Waals surface area contributed by atoms with Crippen LogP contribution >= 0.6 is 11.3 Å². The lowest BCUT2D eigenvalue weighted by Gasteiger charge is -2.30. The van der Waals surface area contributed by atoms with Crippen LogP contribution in [0.25, 0.3) is 0 Å². The molecule has 2 aliphatic rings. The van der Waals surface area contributed by atoms with Gasteiger partial charge in [-0.25, -0.2) is 0 Å². The Hall–Kier alpha value is -2.14. The van der Waals surface area contributed by atoms with Crippen molar-refractivity contribution in [2.45, 2.75) is 44.9 Å². The molecule has 1 aliphatic carbocycles. The summed E-state index contributed by atoms with van der Waals surface area (Å²) < 4.78 is 0. The van der Waals surface area contributed by atoms with E-state index in [4.69, 9.17) is 0 Å². The van der Waals surface area contributed by atoms with E-state index in [1.54, 1.807) is 0 Å². The molecule has 4 nitrogen and oxygen atoms in total. The Morgan fingerprint density at radius 1 is 1.08 bits per heavy atom. The normalized spacial score (nSPS) is 17.6. The van der Waals surface area contributed by atoms with Crippen LogP contribution in [-0.2, 0) is 11.2 Å². The van der Waals surface area contributed by atoms with Crippen LogP contribution in [0, 0.1) is 5.92 Å². The van der Waals surface area contributed by atoms with E-state index in [0.717, 1.165) is 66.9 Å². The second kappa shape index (κ2) is 7.62. The monoisotopic (exact) mass is 368 g/mol. The van der Waals surface area contributed by atoms with Gasteiger partial charge in [0.05, 0.1) is 4.88 Å². The van der Waals surface area contributed by atoms with Crippen molar-refractivity contribution in [3.05, 3.63) is 46.2 Å². The molecule has 2 aromatic rings. The number of benzene rings is 1. The Labute approximate surface area is 158 Å². The molecule has 0 saturated heterocycles. The molecular weight excluding hydrogens is 344 g/mol. The van der Waals surface area contributed by atoms with Gasteiger partial charge in [-0.2, -0.15) is 0 Å². The molecule has 26 heavy (non-hydrogen) atoms. The van der Waals surface area contributed by atoms with Crippen LogP contribution in [0.3, 0.4) is 0 Å². The van der Waals surface area contributed by atoms with Gasteiger partial charge in [-0.3, -0.25) is 9.59 Å². The highest BCUT2D eigenvalue weighted by Gasteiger charge is 2.25. The molecule has 0 spiro atoms. The number of carbonyl (C=O) groups is 2. The molecule has 0 unspecified atom stereocenters. The second-order valence-electron chi connectivity index (χ2n) is 7.21. The van der Waals surface area contributed by atoms with E-state index in [2.05, 4.69) is 5.32 Å². The van der Waals surface area contributed by atoms with Crippen LogP contribution in [-0.4, -0.2) is 18.4 Å². The largest absolute Gasteiger partial charge is 0.326 e. The molecule has 2 heterocycles. The summed E-state index contributed by atoms with van der Waals surface area (Å²) in [5, 5.41) is 5.03. The first kappa shape index (κ1) is 17.3. The molecule has 0 atom stereocenters. The first-order valence-corrected chi connectivity index (χ1v) is 10.4. The number of hydrogen-bond acceptors (Lipinski definition) is 3. The van der Waals surface area contributed by atoms with Gasteiger partial charge in [0.25, 0.3) is 5.91 Å². The van der Waals surface area contributed by atoms with Gasteiger partial charge in [0.2, 0.25) is 5.91 Å². The van der Waals surface area contributed by atoms with E-state index >= 15 is 0 Å². The van der Waals surface area contributed by atoms with Crippen molar-refractivity contribution in [3.8, 4) is 0 Å². The van der Waals surface area contributed by atoms with Crippen LogP contribution in [0.5, 0.6) is 0 Å². The molecule has 0 bridgehead atoms. The highest BCUT2D eigenvalue weighted by atomic mass is 32.1. The number of anilines is 2. The minimum Gasteiger partial charge on any atom is -0.326 e. The molecule has 1 aromatic carbocycles. The first-order chi connectivity index (χ1) is 12.7. The summed E-state index contributed by atoms with van der Waals surface area (Å²) in [5.74, 6) is 0.364. The summed E-state index contributed by atoms with van der Waals surface area (Å²) in [6.07, 6.45) is 7.45. The van der Waals surface area contributed by atoms with Gasteiger partial charge in [-0.05, 0) is 60.9 Å². The van der Waals surface area contributed by atoms with Crippen molar-refractivity contribution in [1.29, 1.82) is 0 Å². The lowest BCUT2D eigenvalue weighted by molar-refractivity contribution is -0.120. The van der Waals surface area contributed by atoms with Gasteiger partial charge in [-0.1, -0.05) is 25.3 Å². The van der Waals surface area contributed by atoms with Crippen LogP contribution < -0.4 is 10.2 Å². The molecular formula is C21H24N2O2S. The highest BCUT2D eigenvalue weighted by molar-refractivity contribution is 7.12. The summed E-state index contributed by atoms with van der Waals surface area (Å²) in [6, 6.07) is 9.74. The van der Waals surface area contributed by atoms with E-state index in [-0.39, 0.29) is 17.7 Å². The predicted octanol–water partition coefficient (Wildman–Crippen LogP) is 4.86.